The summed E-state index contributed by atoms with van der Waals surface area (Å²) in [4.78, 5) is 5.02. The van der Waals surface area contributed by atoms with Crippen LogP contribution < -0.4 is 0 Å². The van der Waals surface area contributed by atoms with E-state index < -0.39 is 0 Å². The molecule has 1 aliphatic rings. The van der Waals surface area contributed by atoms with Gasteiger partial charge in [0, 0.05) is 32.8 Å². The molecule has 0 bridgehead atoms. The quantitative estimate of drug-likeness (QED) is 0.0491. The maximum Gasteiger partial charge on any atom is 0.0934 e. The van der Waals surface area contributed by atoms with Crippen molar-refractivity contribution in [3.63, 3.8) is 0 Å². The predicted octanol–water partition coefficient (Wildman–Crippen LogP) is 14.7. The third-order valence-electron chi connectivity index (χ3n) is 11.1. The van der Waals surface area contributed by atoms with Crippen molar-refractivity contribution >= 4 is 0 Å². The number of rotatable bonds is 39. The summed E-state index contributed by atoms with van der Waals surface area (Å²) in [5.74, 6) is 0. The van der Waals surface area contributed by atoms with Crippen molar-refractivity contribution in [1.82, 2.24) is 9.80 Å². The van der Waals surface area contributed by atoms with E-state index in [-0.39, 0.29) is 6.10 Å². The average Bonchev–Trinajstić information content (AvgIpc) is 3.71. The number of likely N-dealkylation sites (N-methyl/N-ethyl adjacent to an activating group) is 1. The minimum atomic E-state index is 0.121. The third-order valence-corrected chi connectivity index (χ3v) is 11.1. The molecule has 2 rings (SSSR count). The van der Waals surface area contributed by atoms with Crippen LogP contribution in [0.2, 0.25) is 0 Å². The molecule has 1 saturated heterocycles. The van der Waals surface area contributed by atoms with Crippen LogP contribution in [0.4, 0.5) is 0 Å². The van der Waals surface area contributed by atoms with Crippen molar-refractivity contribution in [3.05, 3.63) is 84.0 Å². The van der Waals surface area contributed by atoms with Crippen LogP contribution in [0.15, 0.2) is 72.9 Å². The average molecular weight is 775 g/mol. The molecule has 0 amide bonds. The van der Waals surface area contributed by atoms with Gasteiger partial charge in [-0.25, -0.2) is 0 Å². The molecule has 1 aliphatic heterocycles. The molecule has 0 aromatic heterocycles. The summed E-state index contributed by atoms with van der Waals surface area (Å²) in [5.41, 5.74) is 2.84. The van der Waals surface area contributed by atoms with Crippen molar-refractivity contribution in [2.75, 3.05) is 46.5 Å². The Hall–Kier alpha value is -1.98. The molecule has 1 atom stereocenters. The molecule has 1 fully saturated rings. The predicted molar refractivity (Wildman–Crippen MR) is 247 cm³/mol. The Bertz CT molecular complexity index is 1100. The first-order valence-electron chi connectivity index (χ1n) is 24.0. The first-order chi connectivity index (χ1) is 27.7. The lowest BCUT2D eigenvalue weighted by atomic mass is 10.1. The third kappa shape index (κ3) is 31.1. The summed E-state index contributed by atoms with van der Waals surface area (Å²) < 4.78 is 12.8. The molecule has 1 heterocycles. The number of ether oxygens (including phenoxy) is 2. The second-order valence-electron chi connectivity index (χ2n) is 16.7. The SMILES string of the molecule is CCCCC/C=C\C/C=C\CCCCCCCCOCC(CN(C)Cc1cccc(CN2CCCC2)c1)OCCCCCCCC/C=C\C/C=C\CCCCC. The molecule has 56 heavy (non-hydrogen) atoms. The van der Waals surface area contributed by atoms with E-state index in [0.717, 1.165) is 58.5 Å². The number of allylic oxidation sites excluding steroid dienone is 8. The Kier molecular flexibility index (Phi) is 34.5. The van der Waals surface area contributed by atoms with Crippen LogP contribution >= 0.6 is 0 Å². The molecule has 0 spiro atoms. The number of nitrogens with zero attached hydrogens (tertiary/aromatic N) is 2. The van der Waals surface area contributed by atoms with Crippen LogP contribution in [-0.4, -0.2) is 62.4 Å². The summed E-state index contributed by atoms with van der Waals surface area (Å²) in [6, 6.07) is 9.23. The lowest BCUT2D eigenvalue weighted by molar-refractivity contribution is -0.0322. The standard InChI is InChI=1S/C52H90N2O2/c1-4-6-8-10-12-14-16-18-20-22-24-26-28-30-32-36-43-55-49-52(48-53(3)46-50-39-38-40-51(45-50)47-54-41-34-35-42-54)56-44-37-33-31-29-27-25-23-21-19-17-15-13-11-9-7-5-2/h12-15,18-21,38-40,45,52H,4-11,16-17,22-37,41-44,46-49H2,1-3H3/b14-12-,15-13-,20-18-,21-19-. The molecular weight excluding hydrogens is 685 g/mol. The highest BCUT2D eigenvalue weighted by Crippen LogP contribution is 2.16. The highest BCUT2D eigenvalue weighted by atomic mass is 16.5. The zero-order valence-corrected chi connectivity index (χ0v) is 37.3. The van der Waals surface area contributed by atoms with Gasteiger partial charge in [-0.15, -0.1) is 0 Å². The Morgan fingerprint density at radius 1 is 0.589 bits per heavy atom. The Labute approximate surface area is 348 Å². The minimum absolute atomic E-state index is 0.121. The van der Waals surface area contributed by atoms with E-state index in [1.807, 2.05) is 0 Å². The fraction of sp³-hybridized carbons (Fsp3) is 0.731. The minimum Gasteiger partial charge on any atom is -0.379 e. The van der Waals surface area contributed by atoms with Crippen molar-refractivity contribution in [1.29, 1.82) is 0 Å². The summed E-state index contributed by atoms with van der Waals surface area (Å²) in [6.07, 6.45) is 52.2. The van der Waals surface area contributed by atoms with Crippen LogP contribution in [0.3, 0.4) is 0 Å². The monoisotopic (exact) mass is 775 g/mol. The fourth-order valence-electron chi connectivity index (χ4n) is 7.65. The summed E-state index contributed by atoms with van der Waals surface area (Å²) in [7, 11) is 2.24. The maximum absolute atomic E-state index is 6.52. The Morgan fingerprint density at radius 3 is 1.62 bits per heavy atom. The van der Waals surface area contributed by atoms with Crippen LogP contribution in [0.5, 0.6) is 0 Å². The van der Waals surface area contributed by atoms with Crippen LogP contribution in [0.1, 0.15) is 192 Å². The van der Waals surface area contributed by atoms with Gasteiger partial charge in [0.2, 0.25) is 0 Å². The first kappa shape index (κ1) is 50.2. The van der Waals surface area contributed by atoms with E-state index in [2.05, 4.69) is 104 Å². The largest absolute Gasteiger partial charge is 0.379 e. The molecule has 0 radical (unpaired) electrons. The molecule has 4 nitrogen and oxygen atoms in total. The molecule has 0 saturated carbocycles. The highest BCUT2D eigenvalue weighted by molar-refractivity contribution is 5.23. The zero-order chi connectivity index (χ0) is 39.8. The maximum atomic E-state index is 6.52. The van der Waals surface area contributed by atoms with Gasteiger partial charge in [-0.3, -0.25) is 9.80 Å². The van der Waals surface area contributed by atoms with Gasteiger partial charge in [-0.1, -0.05) is 164 Å². The van der Waals surface area contributed by atoms with E-state index >= 15 is 0 Å². The van der Waals surface area contributed by atoms with E-state index in [0.29, 0.717) is 6.61 Å². The number of hydrogen-bond donors (Lipinski definition) is 0. The van der Waals surface area contributed by atoms with Crippen molar-refractivity contribution in [2.45, 2.75) is 200 Å². The number of likely N-dealkylation sites (tertiary alicyclic amines) is 1. The zero-order valence-electron chi connectivity index (χ0n) is 37.3. The van der Waals surface area contributed by atoms with Crippen molar-refractivity contribution < 1.29 is 9.47 Å². The van der Waals surface area contributed by atoms with Crippen molar-refractivity contribution in [2.24, 2.45) is 0 Å². The van der Waals surface area contributed by atoms with E-state index in [9.17, 15) is 0 Å². The van der Waals surface area contributed by atoms with Gasteiger partial charge in [-0.05, 0) is 121 Å². The molecule has 0 N–H and O–H groups in total. The topological polar surface area (TPSA) is 24.9 Å². The normalized spacial score (nSPS) is 14.6. The van der Waals surface area contributed by atoms with Crippen LogP contribution in [0, 0.1) is 0 Å². The van der Waals surface area contributed by atoms with E-state index in [4.69, 9.17) is 9.47 Å². The highest BCUT2D eigenvalue weighted by Gasteiger charge is 2.15. The lowest BCUT2D eigenvalue weighted by Gasteiger charge is -2.25. The molecule has 320 valence electrons. The fourth-order valence-corrected chi connectivity index (χ4v) is 7.65. The Balaban J connectivity index is 1.60. The lowest BCUT2D eigenvalue weighted by Crippen LogP contribution is -2.34. The van der Waals surface area contributed by atoms with Gasteiger partial charge in [0.1, 0.15) is 0 Å². The van der Waals surface area contributed by atoms with Gasteiger partial charge in [0.15, 0.2) is 0 Å². The number of benzene rings is 1. The number of hydrogen-bond acceptors (Lipinski definition) is 4. The summed E-state index contributed by atoms with van der Waals surface area (Å²) >= 11 is 0. The number of unbranched alkanes of at least 4 members (excludes halogenated alkanes) is 18. The molecule has 4 heteroatoms. The second kappa shape index (κ2) is 38.5. The van der Waals surface area contributed by atoms with Gasteiger partial charge in [0.05, 0.1) is 12.7 Å². The van der Waals surface area contributed by atoms with Crippen LogP contribution in [0.25, 0.3) is 0 Å². The summed E-state index contributed by atoms with van der Waals surface area (Å²) in [5, 5.41) is 0. The van der Waals surface area contributed by atoms with Gasteiger partial charge in [-0.2, -0.15) is 0 Å². The molecule has 1 aromatic carbocycles. The molecule has 0 aliphatic carbocycles. The van der Waals surface area contributed by atoms with E-state index in [1.54, 1.807) is 0 Å². The Morgan fingerprint density at radius 2 is 1.07 bits per heavy atom. The van der Waals surface area contributed by atoms with Gasteiger partial charge >= 0.3 is 0 Å². The smallest absolute Gasteiger partial charge is 0.0934 e. The summed E-state index contributed by atoms with van der Waals surface area (Å²) in [6.45, 7) is 12.3. The van der Waals surface area contributed by atoms with Gasteiger partial charge in [0.25, 0.3) is 0 Å². The first-order valence-corrected chi connectivity index (χ1v) is 24.0. The van der Waals surface area contributed by atoms with E-state index in [1.165, 1.54) is 165 Å². The van der Waals surface area contributed by atoms with Crippen molar-refractivity contribution in [3.8, 4) is 0 Å². The molecular formula is C52H90N2O2. The molecule has 1 unspecified atom stereocenters. The van der Waals surface area contributed by atoms with Crippen LogP contribution in [-0.2, 0) is 22.6 Å². The molecule has 1 aromatic rings. The van der Waals surface area contributed by atoms with Gasteiger partial charge < -0.3 is 9.47 Å². The second-order valence-corrected chi connectivity index (χ2v) is 16.7.